The number of halogens is 1. The van der Waals surface area contributed by atoms with Crippen molar-refractivity contribution in [1.29, 1.82) is 0 Å². The SMILES string of the molecule is OC1CC2CCC(c3cccc(CCl)c3)(C1)O2. The summed E-state index contributed by atoms with van der Waals surface area (Å²) < 4.78 is 6.14. The van der Waals surface area contributed by atoms with E-state index in [4.69, 9.17) is 16.3 Å². The maximum absolute atomic E-state index is 9.94. The Balaban J connectivity index is 1.96. The van der Waals surface area contributed by atoms with Gasteiger partial charge in [-0.2, -0.15) is 0 Å². The van der Waals surface area contributed by atoms with Crippen molar-refractivity contribution < 1.29 is 9.84 Å². The van der Waals surface area contributed by atoms with Gasteiger partial charge in [-0.15, -0.1) is 11.6 Å². The van der Waals surface area contributed by atoms with Crippen molar-refractivity contribution in [2.75, 3.05) is 0 Å². The number of aliphatic hydroxyl groups is 1. The fraction of sp³-hybridized carbons (Fsp3) is 0.571. The first kappa shape index (κ1) is 11.5. The minimum atomic E-state index is -0.260. The van der Waals surface area contributed by atoms with E-state index in [9.17, 15) is 5.11 Å². The molecular weight excluding hydrogens is 236 g/mol. The summed E-state index contributed by atoms with van der Waals surface area (Å²) in [5.74, 6) is 0.524. The average molecular weight is 253 g/mol. The lowest BCUT2D eigenvalue weighted by molar-refractivity contribution is -0.123. The summed E-state index contributed by atoms with van der Waals surface area (Å²) >= 11 is 5.88. The third kappa shape index (κ3) is 1.99. The Hall–Kier alpha value is -0.570. The van der Waals surface area contributed by atoms with Gasteiger partial charge < -0.3 is 9.84 Å². The molecule has 2 bridgehead atoms. The van der Waals surface area contributed by atoms with E-state index < -0.39 is 0 Å². The summed E-state index contributed by atoms with van der Waals surface area (Å²) in [5.41, 5.74) is 2.03. The van der Waals surface area contributed by atoms with E-state index in [1.54, 1.807) is 0 Å². The maximum atomic E-state index is 9.94. The van der Waals surface area contributed by atoms with Crippen LogP contribution in [0.5, 0.6) is 0 Å². The molecule has 3 unspecified atom stereocenters. The third-order valence-electron chi connectivity index (χ3n) is 3.97. The second kappa shape index (κ2) is 4.27. The van der Waals surface area contributed by atoms with E-state index in [-0.39, 0.29) is 17.8 Å². The van der Waals surface area contributed by atoms with Crippen molar-refractivity contribution in [3.8, 4) is 0 Å². The first-order valence-corrected chi connectivity index (χ1v) is 6.76. The molecule has 1 aromatic rings. The molecule has 0 radical (unpaired) electrons. The standard InChI is InChI=1S/C14H17ClO2/c15-9-10-2-1-3-11(6-10)14-5-4-13(17-14)7-12(16)8-14/h1-3,6,12-13,16H,4-5,7-9H2. The highest BCUT2D eigenvalue weighted by atomic mass is 35.5. The summed E-state index contributed by atoms with van der Waals surface area (Å²) in [6.45, 7) is 0. The Bertz CT molecular complexity index is 420. The highest BCUT2D eigenvalue weighted by molar-refractivity contribution is 6.17. The zero-order chi connectivity index (χ0) is 11.9. The van der Waals surface area contributed by atoms with Gasteiger partial charge in [0.05, 0.1) is 17.8 Å². The fourth-order valence-corrected chi connectivity index (χ4v) is 3.35. The molecule has 0 amide bonds. The Kier molecular flexibility index (Phi) is 2.89. The lowest BCUT2D eigenvalue weighted by Gasteiger charge is -2.36. The average Bonchev–Trinajstić information content (AvgIpc) is 2.66. The van der Waals surface area contributed by atoms with Gasteiger partial charge in [-0.3, -0.25) is 0 Å². The van der Waals surface area contributed by atoms with Gasteiger partial charge >= 0.3 is 0 Å². The number of ether oxygens (including phenoxy) is 1. The quantitative estimate of drug-likeness (QED) is 0.820. The molecule has 0 aromatic heterocycles. The predicted octanol–water partition coefficient (Wildman–Crippen LogP) is 2.95. The smallest absolute Gasteiger partial charge is 0.0960 e. The molecule has 1 N–H and O–H groups in total. The van der Waals surface area contributed by atoms with Gasteiger partial charge in [0.15, 0.2) is 0 Å². The second-order valence-corrected chi connectivity index (χ2v) is 5.47. The first-order chi connectivity index (χ1) is 8.22. The number of alkyl halides is 1. The zero-order valence-corrected chi connectivity index (χ0v) is 10.5. The van der Waals surface area contributed by atoms with Crippen LogP contribution in [-0.2, 0) is 16.2 Å². The van der Waals surface area contributed by atoms with E-state index in [1.807, 2.05) is 12.1 Å². The van der Waals surface area contributed by atoms with Gasteiger partial charge in [0, 0.05) is 12.3 Å². The molecule has 2 heterocycles. The minimum absolute atomic E-state index is 0.226. The van der Waals surface area contributed by atoms with Crippen LogP contribution in [0.25, 0.3) is 0 Å². The van der Waals surface area contributed by atoms with Crippen LogP contribution in [0.2, 0.25) is 0 Å². The molecule has 2 fully saturated rings. The van der Waals surface area contributed by atoms with Gasteiger partial charge in [0.25, 0.3) is 0 Å². The zero-order valence-electron chi connectivity index (χ0n) is 9.73. The molecule has 0 saturated carbocycles. The van der Waals surface area contributed by atoms with Gasteiger partial charge in [-0.1, -0.05) is 24.3 Å². The van der Waals surface area contributed by atoms with E-state index in [0.717, 1.165) is 31.2 Å². The molecule has 3 rings (SSSR count). The molecule has 2 aliphatic rings. The number of hydrogen-bond acceptors (Lipinski definition) is 2. The predicted molar refractivity (Wildman–Crippen MR) is 67.0 cm³/mol. The normalized spacial score (nSPS) is 36.1. The van der Waals surface area contributed by atoms with Crippen molar-refractivity contribution in [3.05, 3.63) is 35.4 Å². The highest BCUT2D eigenvalue weighted by Crippen LogP contribution is 2.48. The van der Waals surface area contributed by atoms with Crippen LogP contribution in [0.1, 0.15) is 36.8 Å². The van der Waals surface area contributed by atoms with Crippen LogP contribution in [0.3, 0.4) is 0 Å². The molecule has 17 heavy (non-hydrogen) atoms. The molecular formula is C14H17ClO2. The van der Waals surface area contributed by atoms with Gasteiger partial charge in [0.2, 0.25) is 0 Å². The molecule has 2 nitrogen and oxygen atoms in total. The largest absolute Gasteiger partial charge is 0.393 e. The molecule has 0 aliphatic carbocycles. The number of rotatable bonds is 2. The van der Waals surface area contributed by atoms with E-state index >= 15 is 0 Å². The number of benzene rings is 1. The molecule has 92 valence electrons. The van der Waals surface area contributed by atoms with Crippen molar-refractivity contribution in [2.24, 2.45) is 0 Å². The third-order valence-corrected chi connectivity index (χ3v) is 4.28. The second-order valence-electron chi connectivity index (χ2n) is 5.20. The van der Waals surface area contributed by atoms with E-state index in [0.29, 0.717) is 5.88 Å². The topological polar surface area (TPSA) is 29.5 Å². The number of hydrogen-bond donors (Lipinski definition) is 1. The monoisotopic (exact) mass is 252 g/mol. The molecule has 1 aromatic carbocycles. The van der Waals surface area contributed by atoms with Crippen molar-refractivity contribution in [2.45, 2.75) is 49.4 Å². The maximum Gasteiger partial charge on any atom is 0.0960 e. The van der Waals surface area contributed by atoms with Gasteiger partial charge in [0.1, 0.15) is 0 Å². The van der Waals surface area contributed by atoms with Gasteiger partial charge in [-0.25, -0.2) is 0 Å². The summed E-state index contributed by atoms with van der Waals surface area (Å²) in [6, 6.07) is 8.27. The Labute approximate surface area is 107 Å². The first-order valence-electron chi connectivity index (χ1n) is 6.23. The van der Waals surface area contributed by atoms with Crippen molar-refractivity contribution >= 4 is 11.6 Å². The summed E-state index contributed by atoms with van der Waals surface area (Å²) in [6.07, 6.45) is 3.59. The molecule has 0 spiro atoms. The number of aliphatic hydroxyl groups excluding tert-OH is 1. The van der Waals surface area contributed by atoms with Crippen molar-refractivity contribution in [1.82, 2.24) is 0 Å². The Morgan fingerprint density at radius 2 is 2.35 bits per heavy atom. The van der Waals surface area contributed by atoms with Gasteiger partial charge in [-0.05, 0) is 30.4 Å². The number of fused-ring (bicyclic) bond motifs is 2. The Morgan fingerprint density at radius 3 is 3.18 bits per heavy atom. The lowest BCUT2D eigenvalue weighted by atomic mass is 9.85. The summed E-state index contributed by atoms with van der Waals surface area (Å²) in [5, 5.41) is 9.94. The van der Waals surface area contributed by atoms with Crippen LogP contribution < -0.4 is 0 Å². The van der Waals surface area contributed by atoms with Crippen LogP contribution >= 0.6 is 11.6 Å². The Morgan fingerprint density at radius 1 is 1.47 bits per heavy atom. The summed E-state index contributed by atoms with van der Waals surface area (Å²) in [7, 11) is 0. The van der Waals surface area contributed by atoms with Crippen molar-refractivity contribution in [3.63, 3.8) is 0 Å². The lowest BCUT2D eigenvalue weighted by Crippen LogP contribution is -2.37. The minimum Gasteiger partial charge on any atom is -0.393 e. The molecule has 3 atom stereocenters. The molecule has 2 aliphatic heterocycles. The van der Waals surface area contributed by atoms with Crippen LogP contribution in [0, 0.1) is 0 Å². The highest BCUT2D eigenvalue weighted by Gasteiger charge is 2.47. The molecule has 2 saturated heterocycles. The van der Waals surface area contributed by atoms with E-state index in [2.05, 4.69) is 12.1 Å². The van der Waals surface area contributed by atoms with Crippen LogP contribution in [0.4, 0.5) is 0 Å². The molecule has 3 heteroatoms. The van der Waals surface area contributed by atoms with Crippen LogP contribution in [-0.4, -0.2) is 17.3 Å². The summed E-state index contributed by atoms with van der Waals surface area (Å²) in [4.78, 5) is 0. The van der Waals surface area contributed by atoms with E-state index in [1.165, 1.54) is 5.56 Å². The van der Waals surface area contributed by atoms with Crippen LogP contribution in [0.15, 0.2) is 24.3 Å². The fourth-order valence-electron chi connectivity index (χ4n) is 3.18.